The Morgan fingerprint density at radius 3 is 2.68 bits per heavy atom. The van der Waals surface area contributed by atoms with E-state index in [1.165, 1.54) is 43.2 Å². The second kappa shape index (κ2) is 8.75. The third-order valence-electron chi connectivity index (χ3n) is 6.70. The largest absolute Gasteiger partial charge is 0.385 e. The number of rotatable bonds is 7. The molecule has 1 saturated carbocycles. The van der Waals surface area contributed by atoms with Crippen molar-refractivity contribution in [2.45, 2.75) is 76.3 Å². The summed E-state index contributed by atoms with van der Waals surface area (Å²) in [5, 5.41) is 4.48. The molecule has 1 aliphatic heterocycles. The van der Waals surface area contributed by atoms with Crippen molar-refractivity contribution in [2.24, 2.45) is 0 Å². The third kappa shape index (κ3) is 4.01. The van der Waals surface area contributed by atoms with Crippen LogP contribution < -0.4 is 0 Å². The van der Waals surface area contributed by atoms with Gasteiger partial charge in [-0.25, -0.2) is 0 Å². The molecule has 2 fully saturated rings. The zero-order valence-electron chi connectivity index (χ0n) is 17.3. The maximum absolute atomic E-state index is 5.77. The number of hydrogen-bond donors (Lipinski definition) is 0. The van der Waals surface area contributed by atoms with E-state index in [-0.39, 0.29) is 5.41 Å². The first-order valence-corrected chi connectivity index (χ1v) is 10.8. The molecular weight excluding hydrogens is 350 g/mol. The molecule has 0 N–H and O–H groups in total. The highest BCUT2D eigenvalue weighted by Crippen LogP contribution is 2.45. The van der Waals surface area contributed by atoms with Crippen LogP contribution in [0.5, 0.6) is 0 Å². The van der Waals surface area contributed by atoms with Crippen molar-refractivity contribution in [2.75, 3.05) is 20.3 Å². The summed E-state index contributed by atoms with van der Waals surface area (Å²) in [4.78, 5) is 7.43. The molecule has 1 unspecified atom stereocenters. The summed E-state index contributed by atoms with van der Waals surface area (Å²) in [7, 11) is 1.78. The Hall–Kier alpha value is -1.72. The third-order valence-corrected chi connectivity index (χ3v) is 6.70. The first-order chi connectivity index (χ1) is 13.7. The molecule has 5 nitrogen and oxygen atoms in total. The van der Waals surface area contributed by atoms with E-state index < -0.39 is 0 Å². The minimum absolute atomic E-state index is 0.0766. The average Bonchev–Trinajstić information content (AvgIpc) is 3.38. The highest BCUT2D eigenvalue weighted by Gasteiger charge is 2.41. The first kappa shape index (κ1) is 19.6. The fraction of sp³-hybridized carbons (Fsp3) is 0.652. The van der Waals surface area contributed by atoms with Gasteiger partial charge < -0.3 is 9.26 Å². The predicted molar refractivity (Wildman–Crippen MR) is 109 cm³/mol. The van der Waals surface area contributed by atoms with Crippen LogP contribution in [0.15, 0.2) is 28.8 Å². The lowest BCUT2D eigenvalue weighted by atomic mass is 9.78. The molecule has 5 heteroatoms. The maximum atomic E-state index is 5.77. The van der Waals surface area contributed by atoms with E-state index in [0.29, 0.717) is 6.04 Å². The summed E-state index contributed by atoms with van der Waals surface area (Å²) in [6.45, 7) is 4.81. The topological polar surface area (TPSA) is 51.4 Å². The van der Waals surface area contributed by atoms with Crippen molar-refractivity contribution in [1.29, 1.82) is 0 Å². The van der Waals surface area contributed by atoms with E-state index in [0.717, 1.165) is 50.7 Å². The molecule has 4 rings (SSSR count). The smallest absolute Gasteiger partial charge is 0.240 e. The average molecular weight is 384 g/mol. The van der Waals surface area contributed by atoms with Crippen LogP contribution in [0.25, 0.3) is 0 Å². The van der Waals surface area contributed by atoms with Gasteiger partial charge in [0.2, 0.25) is 5.89 Å². The van der Waals surface area contributed by atoms with Gasteiger partial charge in [0.1, 0.15) is 0 Å². The zero-order valence-corrected chi connectivity index (χ0v) is 17.3. The maximum Gasteiger partial charge on any atom is 0.240 e. The van der Waals surface area contributed by atoms with Crippen LogP contribution in [0.4, 0.5) is 0 Å². The minimum Gasteiger partial charge on any atom is -0.385 e. The van der Waals surface area contributed by atoms with E-state index in [2.05, 4.69) is 41.2 Å². The number of piperidine rings is 1. The molecule has 28 heavy (non-hydrogen) atoms. The molecule has 2 aliphatic rings. The number of hydrogen-bond acceptors (Lipinski definition) is 5. The van der Waals surface area contributed by atoms with E-state index in [4.69, 9.17) is 14.2 Å². The van der Waals surface area contributed by atoms with Crippen LogP contribution in [-0.2, 0) is 16.7 Å². The summed E-state index contributed by atoms with van der Waals surface area (Å²) in [6.07, 6.45) is 9.52. The van der Waals surface area contributed by atoms with Gasteiger partial charge in [-0.15, -0.1) is 0 Å². The Kier molecular flexibility index (Phi) is 6.12. The molecule has 1 atom stereocenters. The number of benzene rings is 1. The van der Waals surface area contributed by atoms with Crippen LogP contribution in [0.1, 0.15) is 74.2 Å². The molecule has 0 amide bonds. The van der Waals surface area contributed by atoms with Crippen molar-refractivity contribution < 1.29 is 9.26 Å². The van der Waals surface area contributed by atoms with Crippen molar-refractivity contribution in [3.8, 4) is 0 Å². The molecule has 152 valence electrons. The van der Waals surface area contributed by atoms with E-state index in [1.807, 2.05) is 0 Å². The van der Waals surface area contributed by atoms with Crippen molar-refractivity contribution >= 4 is 0 Å². The molecule has 2 aromatic rings. The number of ether oxygens (including phenoxy) is 1. The van der Waals surface area contributed by atoms with Gasteiger partial charge in [0.05, 0.1) is 12.0 Å². The molecule has 1 aliphatic carbocycles. The lowest BCUT2D eigenvalue weighted by Crippen LogP contribution is -2.39. The molecule has 0 bridgehead atoms. The summed E-state index contributed by atoms with van der Waals surface area (Å²) < 4.78 is 11.1. The molecule has 2 heterocycles. The van der Waals surface area contributed by atoms with Gasteiger partial charge in [-0.1, -0.05) is 54.2 Å². The van der Waals surface area contributed by atoms with Gasteiger partial charge in [0, 0.05) is 19.8 Å². The minimum atomic E-state index is -0.0766. The number of aromatic nitrogens is 2. The van der Waals surface area contributed by atoms with E-state index in [9.17, 15) is 0 Å². The molecular formula is C23H33N3O2. The van der Waals surface area contributed by atoms with Gasteiger partial charge in [-0.05, 0) is 51.1 Å². The van der Waals surface area contributed by atoms with Gasteiger partial charge >= 0.3 is 0 Å². The highest BCUT2D eigenvalue weighted by molar-refractivity contribution is 5.35. The molecule has 0 radical (unpaired) electrons. The van der Waals surface area contributed by atoms with Crippen LogP contribution >= 0.6 is 0 Å². The zero-order chi connectivity index (χ0) is 19.4. The number of likely N-dealkylation sites (tertiary alicyclic amines) is 1. The van der Waals surface area contributed by atoms with Gasteiger partial charge in [0.15, 0.2) is 5.82 Å². The van der Waals surface area contributed by atoms with Gasteiger partial charge in [-0.2, -0.15) is 4.98 Å². The Morgan fingerprint density at radius 2 is 1.93 bits per heavy atom. The Morgan fingerprint density at radius 1 is 1.14 bits per heavy atom. The van der Waals surface area contributed by atoms with Crippen LogP contribution in [-0.4, -0.2) is 41.3 Å². The van der Waals surface area contributed by atoms with Gasteiger partial charge in [0.25, 0.3) is 0 Å². The van der Waals surface area contributed by atoms with Gasteiger partial charge in [-0.3, -0.25) is 4.90 Å². The molecule has 1 aromatic heterocycles. The van der Waals surface area contributed by atoms with Crippen molar-refractivity contribution in [3.63, 3.8) is 0 Å². The fourth-order valence-corrected chi connectivity index (χ4v) is 5.03. The quantitative estimate of drug-likeness (QED) is 0.698. The Bertz CT molecular complexity index is 749. The fourth-order valence-electron chi connectivity index (χ4n) is 5.03. The van der Waals surface area contributed by atoms with Crippen molar-refractivity contribution in [1.82, 2.24) is 15.0 Å². The summed E-state index contributed by atoms with van der Waals surface area (Å²) in [6, 6.07) is 9.46. The Balaban J connectivity index is 1.53. The second-order valence-electron chi connectivity index (χ2n) is 8.57. The van der Waals surface area contributed by atoms with Crippen molar-refractivity contribution in [3.05, 3.63) is 47.1 Å². The van der Waals surface area contributed by atoms with Crippen LogP contribution in [0, 0.1) is 6.92 Å². The standard InChI is InChI=1S/C23H33N3O2/c1-18-8-10-19(11-9-18)23(13-4-5-14-23)22-24-21(28-25-22)17-26-15-6-3-7-20(26)12-16-27-2/h8-11,20H,3-7,12-17H2,1-2H3. The van der Waals surface area contributed by atoms with E-state index in [1.54, 1.807) is 7.11 Å². The summed E-state index contributed by atoms with van der Waals surface area (Å²) >= 11 is 0. The normalized spacial score (nSPS) is 22.6. The number of aryl methyl sites for hydroxylation is 1. The number of nitrogens with zero attached hydrogens (tertiary/aromatic N) is 3. The van der Waals surface area contributed by atoms with E-state index >= 15 is 0 Å². The first-order valence-electron chi connectivity index (χ1n) is 10.8. The lowest BCUT2D eigenvalue weighted by Gasteiger charge is -2.34. The second-order valence-corrected chi connectivity index (χ2v) is 8.57. The lowest BCUT2D eigenvalue weighted by molar-refractivity contribution is 0.0882. The predicted octanol–water partition coefficient (Wildman–Crippen LogP) is 4.63. The molecule has 0 spiro atoms. The Labute approximate surface area is 168 Å². The van der Waals surface area contributed by atoms with Crippen LogP contribution in [0.3, 0.4) is 0 Å². The SMILES string of the molecule is COCCC1CCCCN1Cc1nc(C2(c3ccc(C)cc3)CCCC2)no1. The number of methoxy groups -OCH3 is 1. The van der Waals surface area contributed by atoms with Crippen LogP contribution in [0.2, 0.25) is 0 Å². The summed E-state index contributed by atoms with van der Waals surface area (Å²) in [5.41, 5.74) is 2.55. The molecule has 1 saturated heterocycles. The summed E-state index contributed by atoms with van der Waals surface area (Å²) in [5.74, 6) is 1.65. The molecule has 1 aromatic carbocycles. The highest BCUT2D eigenvalue weighted by atomic mass is 16.5. The monoisotopic (exact) mass is 383 g/mol.